The van der Waals surface area contributed by atoms with E-state index in [2.05, 4.69) is 36.4 Å². The number of halogens is 6. The van der Waals surface area contributed by atoms with E-state index in [1.165, 1.54) is 13.8 Å². The molecule has 0 radical (unpaired) electrons. The van der Waals surface area contributed by atoms with Crippen LogP contribution in [-0.4, -0.2) is 45.7 Å². The first-order valence-corrected chi connectivity index (χ1v) is 7.96. The Balaban J connectivity index is 2.40. The SMILES string of the molecule is C=N/C(OCC(F)(F)F)=C(F)\C=C(/C)c1cn2c(C(F)(F)OCC)nnc2cn1. The standard InChI is InChI=1S/C16H15F6N5O2/c1-4-29-16(21,22)14-26-25-12-6-24-11(7-27(12)14)9(2)5-10(17)13(23-3)28-8-15(18,19)20/h5-7H,3-4,8H2,1-2H3/b9-5+,13-10-. The van der Waals surface area contributed by atoms with E-state index in [0.717, 1.165) is 22.9 Å². The summed E-state index contributed by atoms with van der Waals surface area (Å²) in [5.74, 6) is -3.05. The van der Waals surface area contributed by atoms with Crippen molar-refractivity contribution in [2.75, 3.05) is 13.2 Å². The van der Waals surface area contributed by atoms with E-state index >= 15 is 0 Å². The van der Waals surface area contributed by atoms with Gasteiger partial charge in [-0.2, -0.15) is 22.0 Å². The summed E-state index contributed by atoms with van der Waals surface area (Å²) in [6.45, 7) is 3.62. The van der Waals surface area contributed by atoms with Crippen LogP contribution in [0.2, 0.25) is 0 Å². The molecule has 0 N–H and O–H groups in total. The summed E-state index contributed by atoms with van der Waals surface area (Å²) >= 11 is 0. The maximum atomic E-state index is 14.2. The predicted molar refractivity (Wildman–Crippen MR) is 89.6 cm³/mol. The van der Waals surface area contributed by atoms with Crippen LogP contribution in [0.4, 0.5) is 26.3 Å². The Hall–Kier alpha value is -2.96. The van der Waals surface area contributed by atoms with Crippen LogP contribution < -0.4 is 0 Å². The molecule has 29 heavy (non-hydrogen) atoms. The molecular formula is C16H15F6N5O2. The van der Waals surface area contributed by atoms with Crippen molar-refractivity contribution in [2.24, 2.45) is 4.99 Å². The fourth-order valence-corrected chi connectivity index (χ4v) is 2.12. The highest BCUT2D eigenvalue weighted by molar-refractivity contribution is 5.63. The molecule has 0 saturated carbocycles. The molecule has 0 amide bonds. The van der Waals surface area contributed by atoms with Crippen molar-refractivity contribution in [3.63, 3.8) is 0 Å². The molecule has 158 valence electrons. The van der Waals surface area contributed by atoms with Crippen LogP contribution in [0.5, 0.6) is 0 Å². The van der Waals surface area contributed by atoms with Crippen LogP contribution in [0.1, 0.15) is 25.4 Å². The van der Waals surface area contributed by atoms with Gasteiger partial charge in [-0.25, -0.2) is 9.38 Å². The first-order chi connectivity index (χ1) is 13.5. The molecule has 0 atom stereocenters. The highest BCUT2D eigenvalue weighted by Gasteiger charge is 2.38. The van der Waals surface area contributed by atoms with Crippen LogP contribution in [0, 0.1) is 0 Å². The quantitative estimate of drug-likeness (QED) is 0.277. The Labute approximate surface area is 160 Å². The van der Waals surface area contributed by atoms with Gasteiger partial charge in [-0.15, -0.1) is 10.2 Å². The minimum atomic E-state index is -4.70. The fraction of sp³-hybridized carbons (Fsp3) is 0.375. The van der Waals surface area contributed by atoms with Crippen molar-refractivity contribution in [3.8, 4) is 0 Å². The number of allylic oxidation sites excluding steroid dienone is 3. The average molecular weight is 423 g/mol. The number of aromatic nitrogens is 4. The molecule has 0 aliphatic rings. The normalized spacial score (nSPS) is 14.1. The van der Waals surface area contributed by atoms with Crippen LogP contribution in [0.3, 0.4) is 0 Å². The van der Waals surface area contributed by atoms with Gasteiger partial charge in [0.2, 0.25) is 11.7 Å². The monoisotopic (exact) mass is 423 g/mol. The molecule has 2 rings (SSSR count). The smallest absolute Gasteiger partial charge is 0.422 e. The zero-order valence-electron chi connectivity index (χ0n) is 15.2. The van der Waals surface area contributed by atoms with Crippen molar-refractivity contribution in [2.45, 2.75) is 26.1 Å². The molecule has 2 aromatic heterocycles. The third kappa shape index (κ3) is 5.53. The number of fused-ring (bicyclic) bond motifs is 1. The van der Waals surface area contributed by atoms with Gasteiger partial charge in [0.15, 0.2) is 18.1 Å². The summed E-state index contributed by atoms with van der Waals surface area (Å²) in [7, 11) is 0. The molecule has 13 heteroatoms. The Kier molecular flexibility index (Phi) is 6.62. The Morgan fingerprint density at radius 3 is 2.55 bits per heavy atom. The van der Waals surface area contributed by atoms with Gasteiger partial charge in [0.1, 0.15) is 0 Å². The molecule has 0 spiro atoms. The number of ether oxygens (including phenoxy) is 2. The third-order valence-corrected chi connectivity index (χ3v) is 3.35. The second-order valence-electron chi connectivity index (χ2n) is 5.52. The minimum absolute atomic E-state index is 0.0141. The molecule has 7 nitrogen and oxygen atoms in total. The molecule has 0 aromatic carbocycles. The molecule has 0 saturated heterocycles. The number of rotatable bonds is 8. The van der Waals surface area contributed by atoms with Crippen molar-refractivity contribution in [3.05, 3.63) is 41.7 Å². The van der Waals surface area contributed by atoms with Crippen LogP contribution in [0.15, 0.2) is 35.2 Å². The second kappa shape index (κ2) is 8.59. The minimum Gasteiger partial charge on any atom is -0.466 e. The lowest BCUT2D eigenvalue weighted by Crippen LogP contribution is -2.21. The van der Waals surface area contributed by atoms with E-state index in [4.69, 9.17) is 0 Å². The maximum Gasteiger partial charge on any atom is 0.422 e. The largest absolute Gasteiger partial charge is 0.466 e. The zero-order chi connectivity index (χ0) is 21.8. The molecule has 0 bridgehead atoms. The number of alkyl halides is 5. The first-order valence-electron chi connectivity index (χ1n) is 7.96. The second-order valence-corrected chi connectivity index (χ2v) is 5.52. The van der Waals surface area contributed by atoms with Gasteiger partial charge in [-0.3, -0.25) is 9.38 Å². The Bertz CT molecular complexity index is 951. The van der Waals surface area contributed by atoms with Crippen molar-refractivity contribution >= 4 is 17.9 Å². The number of hydrogen-bond acceptors (Lipinski definition) is 6. The third-order valence-electron chi connectivity index (χ3n) is 3.35. The van der Waals surface area contributed by atoms with E-state index in [0.29, 0.717) is 0 Å². The zero-order valence-corrected chi connectivity index (χ0v) is 15.2. The molecule has 0 unspecified atom stereocenters. The van der Waals surface area contributed by atoms with Crippen LogP contribution >= 0.6 is 0 Å². The molecule has 2 heterocycles. The van der Waals surface area contributed by atoms with E-state index in [9.17, 15) is 26.3 Å². The van der Waals surface area contributed by atoms with Gasteiger partial charge in [0, 0.05) is 6.20 Å². The summed E-state index contributed by atoms with van der Waals surface area (Å²) in [5.41, 5.74) is 0.0645. The van der Waals surface area contributed by atoms with Gasteiger partial charge in [0.05, 0.1) is 18.5 Å². The van der Waals surface area contributed by atoms with E-state index in [1.807, 2.05) is 0 Å². The first kappa shape index (κ1) is 22.3. The van der Waals surface area contributed by atoms with Crippen LogP contribution in [-0.2, 0) is 15.6 Å². The number of nitrogens with zero attached hydrogens (tertiary/aromatic N) is 5. The fourth-order valence-electron chi connectivity index (χ4n) is 2.12. The van der Waals surface area contributed by atoms with Crippen molar-refractivity contribution < 1.29 is 35.8 Å². The lowest BCUT2D eigenvalue weighted by Gasteiger charge is -2.13. The summed E-state index contributed by atoms with van der Waals surface area (Å²) in [5, 5.41) is 6.94. The lowest BCUT2D eigenvalue weighted by atomic mass is 10.2. The summed E-state index contributed by atoms with van der Waals surface area (Å²) in [4.78, 5) is 7.01. The van der Waals surface area contributed by atoms with Gasteiger partial charge in [0.25, 0.3) is 0 Å². The molecule has 2 aromatic rings. The highest BCUT2D eigenvalue weighted by Crippen LogP contribution is 2.28. The number of aliphatic imine (C=N–C) groups is 1. The topological polar surface area (TPSA) is 73.9 Å². The van der Waals surface area contributed by atoms with E-state index < -0.39 is 36.4 Å². The molecular weight excluding hydrogens is 408 g/mol. The van der Waals surface area contributed by atoms with Gasteiger partial charge in [-0.05, 0) is 32.2 Å². The molecule has 0 aliphatic carbocycles. The predicted octanol–water partition coefficient (Wildman–Crippen LogP) is 4.03. The van der Waals surface area contributed by atoms with Crippen molar-refractivity contribution in [1.82, 2.24) is 19.6 Å². The highest BCUT2D eigenvalue weighted by atomic mass is 19.4. The summed E-state index contributed by atoms with van der Waals surface area (Å²) in [6.07, 6.45) is -5.44. The average Bonchev–Trinajstić information content (AvgIpc) is 3.05. The van der Waals surface area contributed by atoms with Gasteiger partial charge >= 0.3 is 12.3 Å². The van der Waals surface area contributed by atoms with Gasteiger partial charge in [-0.1, -0.05) is 0 Å². The van der Waals surface area contributed by atoms with E-state index in [1.54, 1.807) is 0 Å². The summed E-state index contributed by atoms with van der Waals surface area (Å²) in [6, 6.07) is 0. The van der Waals surface area contributed by atoms with Crippen LogP contribution in [0.25, 0.3) is 11.2 Å². The maximum absolute atomic E-state index is 14.2. The molecule has 0 fully saturated rings. The van der Waals surface area contributed by atoms with Crippen molar-refractivity contribution in [1.29, 1.82) is 0 Å². The molecule has 0 aliphatic heterocycles. The summed E-state index contributed by atoms with van der Waals surface area (Å²) < 4.78 is 88.4. The van der Waals surface area contributed by atoms with E-state index in [-0.39, 0.29) is 23.5 Å². The van der Waals surface area contributed by atoms with Gasteiger partial charge < -0.3 is 9.47 Å². The Morgan fingerprint density at radius 1 is 1.28 bits per heavy atom. The Morgan fingerprint density at radius 2 is 1.97 bits per heavy atom. The number of hydrogen-bond donors (Lipinski definition) is 0. The lowest BCUT2D eigenvalue weighted by molar-refractivity contribution is -0.251.